The smallest absolute Gasteiger partial charge is 0.0964 e. The van der Waals surface area contributed by atoms with Crippen molar-refractivity contribution in [2.24, 2.45) is 0 Å². The Morgan fingerprint density at radius 2 is 2.17 bits per heavy atom. The molecule has 0 aliphatic rings. The van der Waals surface area contributed by atoms with Gasteiger partial charge in [0.05, 0.1) is 24.1 Å². The summed E-state index contributed by atoms with van der Waals surface area (Å²) in [5.41, 5.74) is 1.96. The van der Waals surface area contributed by atoms with Crippen LogP contribution in [0, 0.1) is 0 Å². The van der Waals surface area contributed by atoms with Crippen molar-refractivity contribution < 1.29 is 0 Å². The topological polar surface area (TPSA) is 60.6 Å². The fourth-order valence-electron chi connectivity index (χ4n) is 1.67. The van der Waals surface area contributed by atoms with Gasteiger partial charge < -0.3 is 5.32 Å². The maximum Gasteiger partial charge on any atom is 0.0964 e. The number of aromatic nitrogens is 5. The number of hydrogen-bond donors (Lipinski definition) is 1. The van der Waals surface area contributed by atoms with Gasteiger partial charge in [0.2, 0.25) is 0 Å². The quantitative estimate of drug-likeness (QED) is 0.835. The maximum absolute atomic E-state index is 4.49. The molecule has 0 atom stereocenters. The molecule has 0 radical (unpaired) electrons. The van der Waals surface area contributed by atoms with Gasteiger partial charge in [-0.1, -0.05) is 12.1 Å². The second-order valence-electron chi connectivity index (χ2n) is 4.57. The Labute approximate surface area is 107 Å². The summed E-state index contributed by atoms with van der Waals surface area (Å²) in [6, 6.07) is 2.41. The van der Waals surface area contributed by atoms with Gasteiger partial charge in [-0.05, 0) is 26.5 Å². The average Bonchev–Trinajstić information content (AvgIpc) is 2.96. The lowest BCUT2D eigenvalue weighted by Crippen LogP contribution is -2.11. The molecule has 0 saturated carbocycles. The van der Waals surface area contributed by atoms with Crippen LogP contribution in [0.3, 0.4) is 0 Å². The van der Waals surface area contributed by atoms with Gasteiger partial charge in [-0.25, -0.2) is 4.68 Å². The van der Waals surface area contributed by atoms with Crippen LogP contribution in [-0.2, 0) is 13.1 Å². The molecule has 0 unspecified atom stereocenters. The van der Waals surface area contributed by atoms with Crippen molar-refractivity contribution in [1.82, 2.24) is 30.1 Å². The van der Waals surface area contributed by atoms with Crippen molar-refractivity contribution in [3.63, 3.8) is 0 Å². The zero-order valence-corrected chi connectivity index (χ0v) is 11.2. The fraction of sp³-hybridized carbons (Fsp3) is 0.583. The lowest BCUT2D eigenvalue weighted by Gasteiger charge is -2.03. The van der Waals surface area contributed by atoms with Crippen LogP contribution in [0.25, 0.3) is 0 Å². The molecule has 0 aliphatic carbocycles. The molecule has 2 heterocycles. The number of hydrogen-bond acceptors (Lipinski definition) is 4. The van der Waals surface area contributed by atoms with E-state index < -0.39 is 0 Å². The van der Waals surface area contributed by atoms with E-state index in [-0.39, 0.29) is 0 Å². The first-order chi connectivity index (χ1) is 8.69. The molecule has 18 heavy (non-hydrogen) atoms. The molecule has 6 nitrogen and oxygen atoms in total. The standard InChI is InChI=1S/C12H20N6/c1-4-13-7-12-9-17(16-14-12)8-11-5-6-18(15-11)10(2)3/h5-6,9-10,13H,4,7-8H2,1-3H3. The molecule has 1 N–H and O–H groups in total. The highest BCUT2D eigenvalue weighted by Crippen LogP contribution is 2.05. The second kappa shape index (κ2) is 5.77. The Hall–Kier alpha value is -1.69. The van der Waals surface area contributed by atoms with Gasteiger partial charge in [-0.3, -0.25) is 4.68 Å². The number of rotatable bonds is 6. The molecule has 0 aromatic carbocycles. The monoisotopic (exact) mass is 248 g/mol. The van der Waals surface area contributed by atoms with Gasteiger partial charge in [-0.2, -0.15) is 5.10 Å². The van der Waals surface area contributed by atoms with Crippen molar-refractivity contribution in [2.75, 3.05) is 6.54 Å². The van der Waals surface area contributed by atoms with E-state index in [2.05, 4.69) is 41.5 Å². The molecule has 2 aromatic rings. The van der Waals surface area contributed by atoms with E-state index in [1.54, 1.807) is 0 Å². The highest BCUT2D eigenvalue weighted by molar-refractivity contribution is 5.01. The molecule has 98 valence electrons. The van der Waals surface area contributed by atoms with E-state index in [9.17, 15) is 0 Å². The van der Waals surface area contributed by atoms with Gasteiger partial charge in [0.1, 0.15) is 0 Å². The highest BCUT2D eigenvalue weighted by Gasteiger charge is 2.05. The van der Waals surface area contributed by atoms with E-state index in [0.717, 1.165) is 24.5 Å². The molecule has 0 fully saturated rings. The van der Waals surface area contributed by atoms with Crippen LogP contribution in [-0.4, -0.2) is 31.3 Å². The van der Waals surface area contributed by atoms with Gasteiger partial charge in [0.15, 0.2) is 0 Å². The molecule has 0 amide bonds. The van der Waals surface area contributed by atoms with E-state index >= 15 is 0 Å². The predicted octanol–water partition coefficient (Wildman–Crippen LogP) is 1.21. The van der Waals surface area contributed by atoms with Crippen molar-refractivity contribution in [3.8, 4) is 0 Å². The normalized spacial score (nSPS) is 11.3. The fourth-order valence-corrected chi connectivity index (χ4v) is 1.67. The maximum atomic E-state index is 4.49. The third-order valence-corrected chi connectivity index (χ3v) is 2.66. The Bertz CT molecular complexity index is 484. The molecule has 6 heteroatoms. The van der Waals surface area contributed by atoms with Gasteiger partial charge in [-0.15, -0.1) is 5.10 Å². The minimum absolute atomic E-state index is 0.388. The number of nitrogens with one attached hydrogen (secondary N) is 1. The van der Waals surface area contributed by atoms with E-state index in [4.69, 9.17) is 0 Å². The summed E-state index contributed by atoms with van der Waals surface area (Å²) >= 11 is 0. The van der Waals surface area contributed by atoms with Crippen LogP contribution in [0.2, 0.25) is 0 Å². The second-order valence-corrected chi connectivity index (χ2v) is 4.57. The molecule has 0 bridgehead atoms. The lowest BCUT2D eigenvalue weighted by atomic mass is 10.4. The molecule has 0 aliphatic heterocycles. The van der Waals surface area contributed by atoms with Crippen LogP contribution < -0.4 is 5.32 Å². The Kier molecular flexibility index (Phi) is 4.09. The van der Waals surface area contributed by atoms with Crippen LogP contribution in [0.5, 0.6) is 0 Å². The summed E-state index contributed by atoms with van der Waals surface area (Å²) in [7, 11) is 0. The summed E-state index contributed by atoms with van der Waals surface area (Å²) in [6.07, 6.45) is 3.95. The SMILES string of the molecule is CCNCc1cn(Cc2ccn(C(C)C)n2)nn1. The first-order valence-corrected chi connectivity index (χ1v) is 6.32. The highest BCUT2D eigenvalue weighted by atomic mass is 15.4. The van der Waals surface area contributed by atoms with Crippen LogP contribution in [0.1, 0.15) is 38.2 Å². The minimum Gasteiger partial charge on any atom is -0.311 e. The van der Waals surface area contributed by atoms with Crippen LogP contribution >= 0.6 is 0 Å². The van der Waals surface area contributed by atoms with Gasteiger partial charge in [0, 0.05) is 18.8 Å². The molecule has 2 rings (SSSR count). The van der Waals surface area contributed by atoms with Gasteiger partial charge >= 0.3 is 0 Å². The molecule has 2 aromatic heterocycles. The average molecular weight is 248 g/mol. The third-order valence-electron chi connectivity index (χ3n) is 2.66. The predicted molar refractivity (Wildman–Crippen MR) is 69.1 cm³/mol. The van der Waals surface area contributed by atoms with E-state index in [1.165, 1.54) is 0 Å². The largest absolute Gasteiger partial charge is 0.311 e. The Balaban J connectivity index is 1.97. The van der Waals surface area contributed by atoms with E-state index in [1.807, 2.05) is 27.8 Å². The molecule has 0 saturated heterocycles. The first-order valence-electron chi connectivity index (χ1n) is 6.32. The summed E-state index contributed by atoms with van der Waals surface area (Å²) in [6.45, 7) is 8.66. The number of nitrogens with zero attached hydrogens (tertiary/aromatic N) is 5. The third kappa shape index (κ3) is 3.16. The molecular weight excluding hydrogens is 228 g/mol. The van der Waals surface area contributed by atoms with Crippen molar-refractivity contribution >= 4 is 0 Å². The summed E-state index contributed by atoms with van der Waals surface area (Å²) < 4.78 is 3.77. The Morgan fingerprint density at radius 1 is 1.33 bits per heavy atom. The molecular formula is C12H20N6. The minimum atomic E-state index is 0.388. The van der Waals surface area contributed by atoms with E-state index in [0.29, 0.717) is 12.6 Å². The summed E-state index contributed by atoms with van der Waals surface area (Å²) in [5.74, 6) is 0. The van der Waals surface area contributed by atoms with Crippen LogP contribution in [0.4, 0.5) is 0 Å². The van der Waals surface area contributed by atoms with Crippen molar-refractivity contribution in [2.45, 2.75) is 39.9 Å². The van der Waals surface area contributed by atoms with Crippen molar-refractivity contribution in [3.05, 3.63) is 29.8 Å². The van der Waals surface area contributed by atoms with Crippen LogP contribution in [0.15, 0.2) is 18.5 Å². The zero-order valence-electron chi connectivity index (χ0n) is 11.2. The van der Waals surface area contributed by atoms with Gasteiger partial charge in [0.25, 0.3) is 0 Å². The Morgan fingerprint density at radius 3 is 2.83 bits per heavy atom. The van der Waals surface area contributed by atoms with Crippen molar-refractivity contribution in [1.29, 1.82) is 0 Å². The zero-order chi connectivity index (χ0) is 13.0. The first kappa shape index (κ1) is 12.8. The summed E-state index contributed by atoms with van der Waals surface area (Å²) in [4.78, 5) is 0. The lowest BCUT2D eigenvalue weighted by molar-refractivity contribution is 0.519. The molecule has 0 spiro atoms. The summed E-state index contributed by atoms with van der Waals surface area (Å²) in [5, 5.41) is 15.9.